The number of hydrogen-bond acceptors (Lipinski definition) is 2. The van der Waals surface area contributed by atoms with E-state index in [0.29, 0.717) is 5.56 Å². The highest BCUT2D eigenvalue weighted by molar-refractivity contribution is 6.17. The summed E-state index contributed by atoms with van der Waals surface area (Å²) in [5.41, 5.74) is 1.47. The van der Waals surface area contributed by atoms with Crippen LogP contribution in [0, 0.1) is 5.82 Å². The molecule has 1 aliphatic rings. The third-order valence-electron chi connectivity index (χ3n) is 3.40. The first-order chi connectivity index (χ1) is 8.76. The van der Waals surface area contributed by atoms with Gasteiger partial charge in [-0.05, 0) is 31.9 Å². The van der Waals surface area contributed by atoms with Crippen LogP contribution >= 0.6 is 11.6 Å². The van der Waals surface area contributed by atoms with E-state index in [9.17, 15) is 4.39 Å². The number of likely N-dealkylation sites (N-methyl/N-ethyl adjacent to an activating group) is 1. The van der Waals surface area contributed by atoms with Crippen molar-refractivity contribution in [1.29, 1.82) is 0 Å². The van der Waals surface area contributed by atoms with Gasteiger partial charge in [0, 0.05) is 30.9 Å². The number of alkyl halides is 1. The van der Waals surface area contributed by atoms with Crippen molar-refractivity contribution in [3.63, 3.8) is 0 Å². The summed E-state index contributed by atoms with van der Waals surface area (Å²) in [7, 11) is 0. The van der Waals surface area contributed by atoms with E-state index >= 15 is 0 Å². The molecule has 0 radical (unpaired) electrons. The summed E-state index contributed by atoms with van der Waals surface area (Å²) >= 11 is 5.86. The zero-order valence-electron chi connectivity index (χ0n) is 10.7. The van der Waals surface area contributed by atoms with Crippen LogP contribution in [-0.2, 0) is 10.6 Å². The molecule has 0 amide bonds. The Balaban J connectivity index is 2.18. The number of hydrogen-bond donors (Lipinski definition) is 0. The SMILES string of the molecule is CCN(CC1CCCO1)c1cccc(F)c1CCl. The van der Waals surface area contributed by atoms with Gasteiger partial charge in [0.1, 0.15) is 5.82 Å². The Hall–Kier alpha value is -0.800. The molecule has 1 heterocycles. The maximum Gasteiger partial charge on any atom is 0.129 e. The molecule has 1 saturated heterocycles. The number of anilines is 1. The highest BCUT2D eigenvalue weighted by Gasteiger charge is 2.20. The lowest BCUT2D eigenvalue weighted by Crippen LogP contribution is -2.32. The minimum Gasteiger partial charge on any atom is -0.376 e. The van der Waals surface area contributed by atoms with Crippen LogP contribution < -0.4 is 4.90 Å². The molecule has 1 fully saturated rings. The van der Waals surface area contributed by atoms with E-state index in [1.807, 2.05) is 6.07 Å². The van der Waals surface area contributed by atoms with Crippen molar-refractivity contribution in [2.45, 2.75) is 31.7 Å². The van der Waals surface area contributed by atoms with Crippen molar-refractivity contribution in [2.24, 2.45) is 0 Å². The summed E-state index contributed by atoms with van der Waals surface area (Å²) in [5, 5.41) is 0. The second-order valence-corrected chi connectivity index (χ2v) is 4.81. The van der Waals surface area contributed by atoms with E-state index < -0.39 is 0 Å². The number of rotatable bonds is 5. The van der Waals surface area contributed by atoms with Crippen molar-refractivity contribution in [1.82, 2.24) is 0 Å². The molecule has 1 aromatic carbocycles. The summed E-state index contributed by atoms with van der Waals surface area (Å²) < 4.78 is 19.4. The van der Waals surface area contributed by atoms with Crippen LogP contribution in [0.5, 0.6) is 0 Å². The molecular weight excluding hydrogens is 253 g/mol. The van der Waals surface area contributed by atoms with Gasteiger partial charge in [-0.25, -0.2) is 4.39 Å². The Morgan fingerprint density at radius 2 is 2.33 bits per heavy atom. The molecule has 0 aliphatic carbocycles. The molecule has 0 saturated carbocycles. The fraction of sp³-hybridized carbons (Fsp3) is 0.571. The first-order valence-corrected chi connectivity index (χ1v) is 6.99. The van der Waals surface area contributed by atoms with E-state index in [0.717, 1.165) is 38.2 Å². The van der Waals surface area contributed by atoms with E-state index in [-0.39, 0.29) is 17.8 Å². The highest BCUT2D eigenvalue weighted by atomic mass is 35.5. The highest BCUT2D eigenvalue weighted by Crippen LogP contribution is 2.26. The molecule has 2 rings (SSSR count). The van der Waals surface area contributed by atoms with Gasteiger partial charge in [0.2, 0.25) is 0 Å². The average Bonchev–Trinajstić information content (AvgIpc) is 2.88. The van der Waals surface area contributed by atoms with Crippen LogP contribution in [0.3, 0.4) is 0 Å². The first kappa shape index (κ1) is 13.6. The zero-order valence-corrected chi connectivity index (χ0v) is 11.4. The fourth-order valence-electron chi connectivity index (χ4n) is 2.41. The van der Waals surface area contributed by atoms with Crippen LogP contribution in [0.25, 0.3) is 0 Å². The quantitative estimate of drug-likeness (QED) is 0.759. The molecule has 1 unspecified atom stereocenters. The first-order valence-electron chi connectivity index (χ1n) is 6.46. The van der Waals surface area contributed by atoms with Crippen LogP contribution in [-0.4, -0.2) is 25.8 Å². The largest absolute Gasteiger partial charge is 0.376 e. The van der Waals surface area contributed by atoms with Gasteiger partial charge < -0.3 is 9.64 Å². The number of ether oxygens (including phenoxy) is 1. The minimum atomic E-state index is -0.228. The molecule has 0 aromatic heterocycles. The molecule has 1 aromatic rings. The predicted molar refractivity (Wildman–Crippen MR) is 72.8 cm³/mol. The van der Waals surface area contributed by atoms with Crippen molar-refractivity contribution in [3.05, 3.63) is 29.6 Å². The van der Waals surface area contributed by atoms with Crippen molar-refractivity contribution >= 4 is 17.3 Å². The van der Waals surface area contributed by atoms with Gasteiger partial charge in [-0.3, -0.25) is 0 Å². The minimum absolute atomic E-state index is 0.198. The fourth-order valence-corrected chi connectivity index (χ4v) is 2.67. The van der Waals surface area contributed by atoms with Crippen LogP contribution in [0.1, 0.15) is 25.3 Å². The Kier molecular flexibility index (Phi) is 4.84. The number of benzene rings is 1. The average molecular weight is 272 g/mol. The number of nitrogens with zero attached hydrogens (tertiary/aromatic N) is 1. The van der Waals surface area contributed by atoms with Crippen molar-refractivity contribution < 1.29 is 9.13 Å². The third-order valence-corrected chi connectivity index (χ3v) is 3.67. The Bertz CT molecular complexity index is 393. The topological polar surface area (TPSA) is 12.5 Å². The van der Waals surface area contributed by atoms with Gasteiger partial charge in [-0.2, -0.15) is 0 Å². The molecule has 100 valence electrons. The van der Waals surface area contributed by atoms with E-state index in [2.05, 4.69) is 11.8 Å². The lowest BCUT2D eigenvalue weighted by atomic mass is 10.1. The third kappa shape index (κ3) is 2.96. The van der Waals surface area contributed by atoms with Gasteiger partial charge >= 0.3 is 0 Å². The standard InChI is InChI=1S/C14H19ClFNO/c1-2-17(10-11-5-4-8-18-11)14-7-3-6-13(16)12(14)9-15/h3,6-7,11H,2,4-5,8-10H2,1H3. The van der Waals surface area contributed by atoms with Gasteiger partial charge in [-0.1, -0.05) is 6.07 Å². The van der Waals surface area contributed by atoms with Crippen LogP contribution in [0.15, 0.2) is 18.2 Å². The van der Waals surface area contributed by atoms with E-state index in [4.69, 9.17) is 16.3 Å². The maximum absolute atomic E-state index is 13.7. The van der Waals surface area contributed by atoms with E-state index in [1.165, 1.54) is 6.07 Å². The van der Waals surface area contributed by atoms with Crippen molar-refractivity contribution in [2.75, 3.05) is 24.6 Å². The zero-order chi connectivity index (χ0) is 13.0. The smallest absolute Gasteiger partial charge is 0.129 e. The molecule has 1 atom stereocenters. The maximum atomic E-state index is 13.7. The normalized spacial score (nSPS) is 19.2. The molecule has 4 heteroatoms. The summed E-state index contributed by atoms with van der Waals surface area (Å²) in [4.78, 5) is 2.15. The molecule has 0 N–H and O–H groups in total. The Labute approximate surface area is 113 Å². The number of halogens is 2. The van der Waals surface area contributed by atoms with Crippen LogP contribution in [0.2, 0.25) is 0 Å². The molecule has 2 nitrogen and oxygen atoms in total. The summed E-state index contributed by atoms with van der Waals surface area (Å²) in [5.74, 6) is -0.0300. The van der Waals surface area contributed by atoms with Crippen LogP contribution in [0.4, 0.5) is 10.1 Å². The lowest BCUT2D eigenvalue weighted by molar-refractivity contribution is 0.115. The van der Waals surface area contributed by atoms with E-state index in [1.54, 1.807) is 6.07 Å². The summed E-state index contributed by atoms with van der Waals surface area (Å²) in [6.45, 7) is 4.54. The predicted octanol–water partition coefficient (Wildman–Crippen LogP) is 3.57. The molecular formula is C14H19ClFNO. The van der Waals surface area contributed by atoms with Gasteiger partial charge in [0.15, 0.2) is 0 Å². The Morgan fingerprint density at radius 1 is 1.50 bits per heavy atom. The second-order valence-electron chi connectivity index (χ2n) is 4.54. The van der Waals surface area contributed by atoms with Crippen molar-refractivity contribution in [3.8, 4) is 0 Å². The molecule has 0 spiro atoms. The monoisotopic (exact) mass is 271 g/mol. The summed E-state index contributed by atoms with van der Waals surface area (Å²) in [6.07, 6.45) is 2.46. The lowest BCUT2D eigenvalue weighted by Gasteiger charge is -2.28. The molecule has 0 bridgehead atoms. The second kappa shape index (κ2) is 6.39. The van der Waals surface area contributed by atoms with Gasteiger partial charge in [0.05, 0.1) is 12.0 Å². The molecule has 18 heavy (non-hydrogen) atoms. The van der Waals surface area contributed by atoms with Gasteiger partial charge in [0.25, 0.3) is 0 Å². The molecule has 1 aliphatic heterocycles. The Morgan fingerprint density at radius 3 is 2.94 bits per heavy atom. The summed E-state index contributed by atoms with van der Waals surface area (Å²) in [6, 6.07) is 5.12. The van der Waals surface area contributed by atoms with Gasteiger partial charge in [-0.15, -0.1) is 11.6 Å².